The molecule has 1 fully saturated rings. The third-order valence-corrected chi connectivity index (χ3v) is 8.14. The average molecular weight is 453 g/mol. The summed E-state index contributed by atoms with van der Waals surface area (Å²) in [5.41, 5.74) is 3.47. The molecule has 1 heterocycles. The van der Waals surface area contributed by atoms with Crippen LogP contribution in [0.4, 0.5) is 10.1 Å². The van der Waals surface area contributed by atoms with Crippen LogP contribution < -0.4 is 4.31 Å². The summed E-state index contributed by atoms with van der Waals surface area (Å²) < 4.78 is 42.8. The molecular formula is C26H29FN2O2S. The van der Waals surface area contributed by atoms with E-state index in [0.717, 1.165) is 29.8 Å². The summed E-state index contributed by atoms with van der Waals surface area (Å²) in [5.74, 6) is -0.229. The maximum absolute atomic E-state index is 13.8. The predicted octanol–water partition coefficient (Wildman–Crippen LogP) is 5.30. The molecule has 32 heavy (non-hydrogen) atoms. The Kier molecular flexibility index (Phi) is 6.63. The fourth-order valence-electron chi connectivity index (χ4n) is 4.39. The number of likely N-dealkylation sites (tertiary alicyclic amines) is 1. The van der Waals surface area contributed by atoms with Crippen molar-refractivity contribution < 1.29 is 12.8 Å². The van der Waals surface area contributed by atoms with Crippen LogP contribution in [0.3, 0.4) is 0 Å². The average Bonchev–Trinajstić information content (AvgIpc) is 2.77. The van der Waals surface area contributed by atoms with E-state index in [0.29, 0.717) is 30.0 Å². The van der Waals surface area contributed by atoms with Gasteiger partial charge in [0.2, 0.25) is 0 Å². The van der Waals surface area contributed by atoms with Crippen LogP contribution >= 0.6 is 0 Å². The van der Waals surface area contributed by atoms with Gasteiger partial charge in [0.15, 0.2) is 0 Å². The number of anilines is 1. The van der Waals surface area contributed by atoms with Crippen molar-refractivity contribution in [1.29, 1.82) is 0 Å². The van der Waals surface area contributed by atoms with Crippen LogP contribution in [0.1, 0.15) is 29.5 Å². The molecule has 0 N–H and O–H groups in total. The third kappa shape index (κ3) is 4.87. The Morgan fingerprint density at radius 3 is 2.28 bits per heavy atom. The summed E-state index contributed by atoms with van der Waals surface area (Å²) in [5, 5.41) is 0. The Hall–Kier alpha value is -2.70. The zero-order valence-electron chi connectivity index (χ0n) is 18.5. The van der Waals surface area contributed by atoms with Crippen LogP contribution in [0.25, 0.3) is 0 Å². The Labute approximate surface area is 190 Å². The smallest absolute Gasteiger partial charge is 0.264 e. The molecule has 0 unspecified atom stereocenters. The summed E-state index contributed by atoms with van der Waals surface area (Å²) in [6, 6.07) is 21.4. The van der Waals surface area contributed by atoms with E-state index in [1.54, 1.807) is 28.6 Å². The van der Waals surface area contributed by atoms with Gasteiger partial charge in [0, 0.05) is 25.7 Å². The number of hydrogen-bond acceptors (Lipinski definition) is 3. The standard InChI is InChI=1S/C26H29FN2O2S/c1-20-10-12-24(13-11-20)29(32(30,31)26-9-4-3-6-21(26)2)25-14-16-28(17-15-25)19-22-7-5-8-23(27)18-22/h3-13,18,25H,14-17,19H2,1-2H3. The van der Waals surface area contributed by atoms with Gasteiger partial charge in [-0.2, -0.15) is 0 Å². The largest absolute Gasteiger partial charge is 0.299 e. The lowest BCUT2D eigenvalue weighted by molar-refractivity contribution is 0.206. The zero-order valence-corrected chi connectivity index (χ0v) is 19.4. The number of hydrogen-bond donors (Lipinski definition) is 0. The van der Waals surface area contributed by atoms with Crippen LogP contribution in [0.15, 0.2) is 77.7 Å². The number of piperidine rings is 1. The second kappa shape index (κ2) is 9.43. The van der Waals surface area contributed by atoms with Crippen molar-refractivity contribution in [2.24, 2.45) is 0 Å². The lowest BCUT2D eigenvalue weighted by Crippen LogP contribution is -2.47. The zero-order chi connectivity index (χ0) is 22.7. The van der Waals surface area contributed by atoms with Crippen molar-refractivity contribution >= 4 is 15.7 Å². The Morgan fingerprint density at radius 2 is 1.62 bits per heavy atom. The second-order valence-electron chi connectivity index (χ2n) is 8.54. The van der Waals surface area contributed by atoms with E-state index in [1.165, 1.54) is 6.07 Å². The molecule has 0 aromatic heterocycles. The normalized spacial score (nSPS) is 15.6. The predicted molar refractivity (Wildman–Crippen MR) is 127 cm³/mol. The molecule has 1 aliphatic rings. The van der Waals surface area contributed by atoms with Gasteiger partial charge in [-0.25, -0.2) is 12.8 Å². The molecule has 0 aliphatic carbocycles. The maximum Gasteiger partial charge on any atom is 0.264 e. The minimum atomic E-state index is -3.71. The van der Waals surface area contributed by atoms with Crippen LogP contribution in [0, 0.1) is 19.7 Å². The summed E-state index contributed by atoms with van der Waals surface area (Å²) in [6.45, 7) is 6.01. The molecule has 168 valence electrons. The van der Waals surface area contributed by atoms with Crippen molar-refractivity contribution in [1.82, 2.24) is 4.90 Å². The van der Waals surface area contributed by atoms with Gasteiger partial charge in [-0.15, -0.1) is 0 Å². The molecule has 0 amide bonds. The molecular weight excluding hydrogens is 423 g/mol. The lowest BCUT2D eigenvalue weighted by atomic mass is 10.0. The molecule has 4 rings (SSSR count). The van der Waals surface area contributed by atoms with Crippen molar-refractivity contribution in [3.05, 3.63) is 95.3 Å². The van der Waals surface area contributed by atoms with Crippen LogP contribution in [-0.4, -0.2) is 32.4 Å². The number of rotatable bonds is 6. The van der Waals surface area contributed by atoms with E-state index in [1.807, 2.05) is 56.3 Å². The quantitative estimate of drug-likeness (QED) is 0.509. The van der Waals surface area contributed by atoms with Gasteiger partial charge in [0.1, 0.15) is 5.82 Å². The monoisotopic (exact) mass is 452 g/mol. The molecule has 0 radical (unpaired) electrons. The molecule has 4 nitrogen and oxygen atoms in total. The maximum atomic E-state index is 13.8. The molecule has 6 heteroatoms. The SMILES string of the molecule is Cc1ccc(N(C2CCN(Cc3cccc(F)c3)CC2)S(=O)(=O)c2ccccc2C)cc1. The molecule has 1 aliphatic heterocycles. The molecule has 0 bridgehead atoms. The summed E-state index contributed by atoms with van der Waals surface area (Å²) in [4.78, 5) is 2.61. The van der Waals surface area contributed by atoms with E-state index in [2.05, 4.69) is 4.90 Å². The van der Waals surface area contributed by atoms with Gasteiger partial charge in [-0.3, -0.25) is 9.21 Å². The van der Waals surface area contributed by atoms with Crippen LogP contribution in [0.2, 0.25) is 0 Å². The summed E-state index contributed by atoms with van der Waals surface area (Å²) in [6.07, 6.45) is 1.43. The van der Waals surface area contributed by atoms with E-state index in [4.69, 9.17) is 0 Å². The minimum Gasteiger partial charge on any atom is -0.299 e. The first kappa shape index (κ1) is 22.5. The number of halogens is 1. The number of aryl methyl sites for hydroxylation is 2. The fourth-order valence-corrected chi connectivity index (χ4v) is 6.33. The van der Waals surface area contributed by atoms with E-state index in [-0.39, 0.29) is 11.9 Å². The molecule has 0 atom stereocenters. The van der Waals surface area contributed by atoms with E-state index in [9.17, 15) is 12.8 Å². The van der Waals surface area contributed by atoms with Crippen molar-refractivity contribution in [3.63, 3.8) is 0 Å². The van der Waals surface area contributed by atoms with Crippen LogP contribution in [0.5, 0.6) is 0 Å². The summed E-state index contributed by atoms with van der Waals surface area (Å²) >= 11 is 0. The highest BCUT2D eigenvalue weighted by Crippen LogP contribution is 2.32. The van der Waals surface area contributed by atoms with Gasteiger partial charge >= 0.3 is 0 Å². The second-order valence-corrected chi connectivity index (χ2v) is 10.3. The lowest BCUT2D eigenvalue weighted by Gasteiger charge is -2.39. The highest BCUT2D eigenvalue weighted by atomic mass is 32.2. The van der Waals surface area contributed by atoms with Crippen LogP contribution in [-0.2, 0) is 16.6 Å². The highest BCUT2D eigenvalue weighted by Gasteiger charge is 2.34. The molecule has 0 saturated carbocycles. The fraction of sp³-hybridized carbons (Fsp3) is 0.308. The van der Waals surface area contributed by atoms with Crippen molar-refractivity contribution in [2.45, 2.75) is 44.2 Å². The molecule has 1 saturated heterocycles. The highest BCUT2D eigenvalue weighted by molar-refractivity contribution is 7.93. The van der Waals surface area contributed by atoms with Gasteiger partial charge in [-0.05, 0) is 68.1 Å². The first-order valence-corrected chi connectivity index (χ1v) is 12.4. The Morgan fingerprint density at radius 1 is 0.938 bits per heavy atom. The topological polar surface area (TPSA) is 40.6 Å². The third-order valence-electron chi connectivity index (χ3n) is 6.10. The van der Waals surface area contributed by atoms with E-state index < -0.39 is 10.0 Å². The first-order valence-electron chi connectivity index (χ1n) is 11.0. The minimum absolute atomic E-state index is 0.133. The molecule has 0 spiro atoms. The number of sulfonamides is 1. The summed E-state index contributed by atoms with van der Waals surface area (Å²) in [7, 11) is -3.71. The van der Waals surface area contributed by atoms with E-state index >= 15 is 0 Å². The van der Waals surface area contributed by atoms with Gasteiger partial charge in [0.25, 0.3) is 10.0 Å². The molecule has 3 aromatic rings. The van der Waals surface area contributed by atoms with Crippen molar-refractivity contribution in [2.75, 3.05) is 17.4 Å². The molecule has 3 aromatic carbocycles. The van der Waals surface area contributed by atoms with Gasteiger partial charge in [0.05, 0.1) is 10.6 Å². The van der Waals surface area contributed by atoms with Gasteiger partial charge < -0.3 is 0 Å². The number of nitrogens with zero attached hydrogens (tertiary/aromatic N) is 2. The first-order chi connectivity index (χ1) is 15.3. The van der Waals surface area contributed by atoms with Gasteiger partial charge in [-0.1, -0.05) is 48.0 Å². The Bertz CT molecular complexity index is 1170. The van der Waals surface area contributed by atoms with Crippen molar-refractivity contribution in [3.8, 4) is 0 Å². The number of benzene rings is 3. The Balaban J connectivity index is 1.59.